The van der Waals surface area contributed by atoms with E-state index in [-0.39, 0.29) is 0 Å². The maximum atomic E-state index is 4.62. The number of rotatable bonds is 5. The van der Waals surface area contributed by atoms with Crippen molar-refractivity contribution in [3.8, 4) is 0 Å². The third-order valence-corrected chi connectivity index (χ3v) is 4.28. The highest BCUT2D eigenvalue weighted by Crippen LogP contribution is 2.19. The molecule has 1 N–H and O–H groups in total. The molecule has 0 bridgehead atoms. The summed E-state index contributed by atoms with van der Waals surface area (Å²) in [7, 11) is 0. The number of nitrogens with one attached hydrogen (secondary N) is 1. The van der Waals surface area contributed by atoms with E-state index in [0.29, 0.717) is 0 Å². The van der Waals surface area contributed by atoms with Gasteiger partial charge < -0.3 is 5.32 Å². The Morgan fingerprint density at radius 3 is 3.05 bits per heavy atom. The molecule has 1 aliphatic rings. The van der Waals surface area contributed by atoms with Crippen LogP contribution in [0.1, 0.15) is 31.8 Å². The molecule has 1 aliphatic heterocycles. The molecule has 0 saturated carbocycles. The monoisotopic (exact) mass is 280 g/mol. The van der Waals surface area contributed by atoms with Gasteiger partial charge in [-0.3, -0.25) is 4.90 Å². The van der Waals surface area contributed by atoms with Gasteiger partial charge in [-0.1, -0.05) is 13.8 Å². The lowest BCUT2D eigenvalue weighted by molar-refractivity contribution is 0.271. The van der Waals surface area contributed by atoms with Crippen molar-refractivity contribution in [2.45, 2.75) is 39.0 Å². The fourth-order valence-corrected chi connectivity index (χ4v) is 3.36. The minimum absolute atomic E-state index is 0.719. The van der Waals surface area contributed by atoms with Crippen LogP contribution in [0.2, 0.25) is 0 Å². The van der Waals surface area contributed by atoms with E-state index in [2.05, 4.69) is 45.8 Å². The summed E-state index contributed by atoms with van der Waals surface area (Å²) in [4.78, 5) is 11.6. The molecule has 106 valence electrons. The predicted molar refractivity (Wildman–Crippen MR) is 82.7 cm³/mol. The van der Waals surface area contributed by atoms with E-state index in [1.54, 1.807) is 0 Å². The smallest absolute Gasteiger partial charge is 0.144 e. The molecular weight excluding hydrogens is 256 g/mol. The highest BCUT2D eigenvalue weighted by Gasteiger charge is 2.17. The molecule has 2 rings (SSSR count). The Balaban J connectivity index is 2.00. The minimum Gasteiger partial charge on any atom is -0.370 e. The van der Waals surface area contributed by atoms with Crippen LogP contribution in [-0.2, 0) is 6.54 Å². The van der Waals surface area contributed by atoms with Gasteiger partial charge >= 0.3 is 0 Å². The standard InChI is InChI=1S/C14H24N4S/c1-4-5-15-13-8-11(2)16-14(17-13)10-18-6-7-19-12(3)9-18/h8,12H,4-7,9-10H2,1-3H3,(H,15,16,17). The Morgan fingerprint density at radius 2 is 2.32 bits per heavy atom. The van der Waals surface area contributed by atoms with Crippen LogP contribution >= 0.6 is 11.8 Å². The third kappa shape index (κ3) is 4.66. The number of anilines is 1. The summed E-state index contributed by atoms with van der Waals surface area (Å²) in [6.45, 7) is 10.6. The van der Waals surface area contributed by atoms with Gasteiger partial charge in [0.1, 0.15) is 11.6 Å². The molecular formula is C14H24N4S. The van der Waals surface area contributed by atoms with E-state index in [1.807, 2.05) is 13.0 Å². The molecule has 0 aromatic carbocycles. The van der Waals surface area contributed by atoms with Crippen molar-refractivity contribution < 1.29 is 0 Å². The third-order valence-electron chi connectivity index (χ3n) is 3.15. The van der Waals surface area contributed by atoms with Crippen LogP contribution < -0.4 is 5.32 Å². The number of nitrogens with zero attached hydrogens (tertiary/aromatic N) is 3. The van der Waals surface area contributed by atoms with Crippen LogP contribution in [0.5, 0.6) is 0 Å². The van der Waals surface area contributed by atoms with Crippen molar-refractivity contribution >= 4 is 17.6 Å². The second kappa shape index (κ2) is 7.10. The van der Waals surface area contributed by atoms with Gasteiger partial charge in [-0.05, 0) is 13.3 Å². The van der Waals surface area contributed by atoms with Crippen LogP contribution in [0, 0.1) is 6.92 Å². The molecule has 0 radical (unpaired) electrons. The van der Waals surface area contributed by atoms with E-state index in [0.717, 1.165) is 55.2 Å². The fourth-order valence-electron chi connectivity index (χ4n) is 2.28. The average Bonchev–Trinajstić information content (AvgIpc) is 2.35. The van der Waals surface area contributed by atoms with Gasteiger partial charge in [0.25, 0.3) is 0 Å². The molecule has 1 saturated heterocycles. The van der Waals surface area contributed by atoms with Gasteiger partial charge in [-0.2, -0.15) is 11.8 Å². The normalized spacial score (nSPS) is 20.5. The second-order valence-corrected chi connectivity index (χ2v) is 6.70. The summed E-state index contributed by atoms with van der Waals surface area (Å²) in [5.74, 6) is 3.12. The SMILES string of the molecule is CCCNc1cc(C)nc(CN2CCSC(C)C2)n1. The minimum atomic E-state index is 0.719. The lowest BCUT2D eigenvalue weighted by Crippen LogP contribution is -2.36. The maximum Gasteiger partial charge on any atom is 0.144 e. The molecule has 1 atom stereocenters. The first kappa shape index (κ1) is 14.6. The topological polar surface area (TPSA) is 41.1 Å². The van der Waals surface area contributed by atoms with Crippen molar-refractivity contribution in [2.24, 2.45) is 0 Å². The van der Waals surface area contributed by atoms with Crippen LogP contribution in [0.15, 0.2) is 6.07 Å². The summed E-state index contributed by atoms with van der Waals surface area (Å²) >= 11 is 2.05. The van der Waals surface area contributed by atoms with Crippen molar-refractivity contribution in [1.82, 2.24) is 14.9 Å². The molecule has 0 spiro atoms. The van der Waals surface area contributed by atoms with Crippen LogP contribution in [0.4, 0.5) is 5.82 Å². The van der Waals surface area contributed by atoms with Crippen molar-refractivity contribution in [3.05, 3.63) is 17.6 Å². The first-order valence-corrected chi connectivity index (χ1v) is 8.14. The second-order valence-electron chi connectivity index (χ2n) is 5.15. The molecule has 4 nitrogen and oxygen atoms in total. The van der Waals surface area contributed by atoms with E-state index >= 15 is 0 Å². The predicted octanol–water partition coefficient (Wildman–Crippen LogP) is 2.54. The van der Waals surface area contributed by atoms with Gasteiger partial charge in [0.05, 0.1) is 6.54 Å². The summed E-state index contributed by atoms with van der Waals surface area (Å²) < 4.78 is 0. The summed E-state index contributed by atoms with van der Waals surface area (Å²) in [6, 6.07) is 2.02. The van der Waals surface area contributed by atoms with Crippen molar-refractivity contribution in [1.29, 1.82) is 0 Å². The van der Waals surface area contributed by atoms with Crippen molar-refractivity contribution in [2.75, 3.05) is 30.7 Å². The zero-order chi connectivity index (χ0) is 13.7. The first-order chi connectivity index (χ1) is 9.17. The zero-order valence-electron chi connectivity index (χ0n) is 12.1. The molecule has 5 heteroatoms. The Labute approximate surface area is 120 Å². The van der Waals surface area contributed by atoms with Gasteiger partial charge in [0.15, 0.2) is 0 Å². The highest BCUT2D eigenvalue weighted by atomic mass is 32.2. The Hall–Kier alpha value is -0.810. The van der Waals surface area contributed by atoms with Crippen LogP contribution in [0.25, 0.3) is 0 Å². The number of hydrogen-bond acceptors (Lipinski definition) is 5. The number of aromatic nitrogens is 2. The summed E-state index contributed by atoms with van der Waals surface area (Å²) in [6.07, 6.45) is 1.11. The van der Waals surface area contributed by atoms with E-state index < -0.39 is 0 Å². The maximum absolute atomic E-state index is 4.62. The average molecular weight is 280 g/mol. The molecule has 1 aromatic heterocycles. The first-order valence-electron chi connectivity index (χ1n) is 7.09. The van der Waals surface area contributed by atoms with Crippen LogP contribution in [0.3, 0.4) is 0 Å². The molecule has 1 aromatic rings. The molecule has 2 heterocycles. The fraction of sp³-hybridized carbons (Fsp3) is 0.714. The van der Waals surface area contributed by atoms with E-state index in [4.69, 9.17) is 0 Å². The molecule has 0 amide bonds. The van der Waals surface area contributed by atoms with Gasteiger partial charge in [-0.25, -0.2) is 9.97 Å². The number of hydrogen-bond donors (Lipinski definition) is 1. The molecule has 1 unspecified atom stereocenters. The van der Waals surface area contributed by atoms with Gasteiger partial charge in [0.2, 0.25) is 0 Å². The van der Waals surface area contributed by atoms with E-state index in [1.165, 1.54) is 5.75 Å². The Kier molecular flexibility index (Phi) is 5.45. The zero-order valence-corrected chi connectivity index (χ0v) is 13.0. The van der Waals surface area contributed by atoms with Crippen LogP contribution in [-0.4, -0.2) is 45.5 Å². The lowest BCUT2D eigenvalue weighted by Gasteiger charge is -2.29. The number of aryl methyl sites for hydroxylation is 1. The Bertz CT molecular complexity index is 410. The van der Waals surface area contributed by atoms with Crippen molar-refractivity contribution in [3.63, 3.8) is 0 Å². The molecule has 0 aliphatic carbocycles. The van der Waals surface area contributed by atoms with Gasteiger partial charge in [-0.15, -0.1) is 0 Å². The number of thioether (sulfide) groups is 1. The summed E-state index contributed by atoms with van der Waals surface area (Å²) in [5, 5.41) is 4.07. The Morgan fingerprint density at radius 1 is 1.47 bits per heavy atom. The largest absolute Gasteiger partial charge is 0.370 e. The van der Waals surface area contributed by atoms with E-state index in [9.17, 15) is 0 Å². The highest BCUT2D eigenvalue weighted by molar-refractivity contribution is 7.99. The lowest BCUT2D eigenvalue weighted by atomic mass is 10.3. The molecule has 19 heavy (non-hydrogen) atoms. The summed E-state index contributed by atoms with van der Waals surface area (Å²) in [5.41, 5.74) is 1.04. The molecule has 1 fully saturated rings. The van der Waals surface area contributed by atoms with Gasteiger partial charge in [0, 0.05) is 42.4 Å². The quantitative estimate of drug-likeness (QED) is 0.897.